The quantitative estimate of drug-likeness (QED) is 0.887. The van der Waals surface area contributed by atoms with Gasteiger partial charge in [-0.1, -0.05) is 28.1 Å². The van der Waals surface area contributed by atoms with E-state index in [1.54, 1.807) is 18.2 Å². The zero-order valence-electron chi connectivity index (χ0n) is 7.98. The van der Waals surface area contributed by atoms with Crippen LogP contribution in [0.25, 0.3) is 0 Å². The highest BCUT2D eigenvalue weighted by Gasteiger charge is 2.56. The number of aliphatic carboxylic acids is 1. The highest BCUT2D eigenvalue weighted by atomic mass is 79.9. The maximum Gasteiger partial charge on any atom is 0.312 e. The summed E-state index contributed by atoms with van der Waals surface area (Å²) in [6.07, 6.45) is 0.193. The van der Waals surface area contributed by atoms with Gasteiger partial charge in [0, 0.05) is 4.47 Å². The number of aliphatic hydroxyl groups excluding tert-OH is 1. The molecule has 1 aliphatic carbocycles. The first-order valence-corrected chi connectivity index (χ1v) is 5.52. The van der Waals surface area contributed by atoms with Crippen molar-refractivity contribution >= 4 is 21.9 Å². The minimum atomic E-state index is -0.944. The molecule has 1 saturated carbocycles. The molecule has 1 aromatic rings. The Kier molecular flexibility index (Phi) is 2.56. The molecule has 1 aromatic carbocycles. The topological polar surface area (TPSA) is 57.5 Å². The summed E-state index contributed by atoms with van der Waals surface area (Å²) >= 11 is 3.30. The van der Waals surface area contributed by atoms with Gasteiger partial charge >= 0.3 is 5.97 Å². The summed E-state index contributed by atoms with van der Waals surface area (Å²) in [4.78, 5) is 11.0. The molecular weight excluding hydrogens is 260 g/mol. The van der Waals surface area contributed by atoms with E-state index in [-0.39, 0.29) is 0 Å². The molecule has 0 saturated heterocycles. The van der Waals surface area contributed by atoms with Gasteiger partial charge in [0.05, 0.1) is 11.5 Å². The summed E-state index contributed by atoms with van der Waals surface area (Å²) in [5.41, 5.74) is -0.287. The second kappa shape index (κ2) is 3.61. The van der Waals surface area contributed by atoms with Gasteiger partial charge in [0.1, 0.15) is 0 Å². The largest absolute Gasteiger partial charge is 0.481 e. The van der Waals surface area contributed by atoms with Crippen LogP contribution in [0.3, 0.4) is 0 Å². The third kappa shape index (κ3) is 1.79. The molecule has 1 fully saturated rings. The maximum atomic E-state index is 11.0. The third-order valence-electron chi connectivity index (χ3n) is 2.90. The van der Waals surface area contributed by atoms with Crippen LogP contribution in [-0.2, 0) is 4.79 Å². The Morgan fingerprint density at radius 3 is 2.60 bits per heavy atom. The van der Waals surface area contributed by atoms with Crippen molar-refractivity contribution in [2.45, 2.75) is 18.9 Å². The van der Waals surface area contributed by atoms with Crippen LogP contribution in [0.1, 0.15) is 24.5 Å². The standard InChI is InChI=1S/C11H11BrO3/c12-8-3-1-2-7(6-8)9(13)11(4-5-11)10(14)15/h1-3,6,9,13H,4-5H2,(H,14,15). The Bertz CT molecular complexity index is 399. The van der Waals surface area contributed by atoms with Crippen molar-refractivity contribution in [1.82, 2.24) is 0 Å². The van der Waals surface area contributed by atoms with Crippen LogP contribution in [-0.4, -0.2) is 16.2 Å². The number of rotatable bonds is 3. The lowest BCUT2D eigenvalue weighted by molar-refractivity contribution is -0.148. The highest BCUT2D eigenvalue weighted by molar-refractivity contribution is 9.10. The maximum absolute atomic E-state index is 11.0. The third-order valence-corrected chi connectivity index (χ3v) is 3.40. The lowest BCUT2D eigenvalue weighted by Crippen LogP contribution is -2.23. The number of hydrogen-bond donors (Lipinski definition) is 2. The summed E-state index contributed by atoms with van der Waals surface area (Å²) in [6, 6.07) is 7.14. The predicted molar refractivity (Wildman–Crippen MR) is 58.4 cm³/mol. The molecule has 1 atom stereocenters. The van der Waals surface area contributed by atoms with Gasteiger partial charge in [-0.05, 0) is 30.5 Å². The molecule has 1 unspecified atom stereocenters. The Labute approximate surface area is 95.9 Å². The van der Waals surface area contributed by atoms with Crippen molar-refractivity contribution in [3.8, 4) is 0 Å². The normalized spacial score (nSPS) is 19.6. The van der Waals surface area contributed by atoms with Crippen LogP contribution < -0.4 is 0 Å². The summed E-state index contributed by atoms with van der Waals surface area (Å²) < 4.78 is 0.847. The fourth-order valence-corrected chi connectivity index (χ4v) is 2.15. The van der Waals surface area contributed by atoms with Crippen molar-refractivity contribution in [2.24, 2.45) is 5.41 Å². The van der Waals surface area contributed by atoms with Gasteiger partial charge in [-0.3, -0.25) is 4.79 Å². The number of hydrogen-bond acceptors (Lipinski definition) is 2. The van der Waals surface area contributed by atoms with E-state index in [9.17, 15) is 9.90 Å². The van der Waals surface area contributed by atoms with Crippen molar-refractivity contribution in [2.75, 3.05) is 0 Å². The van der Waals surface area contributed by atoms with Gasteiger partial charge < -0.3 is 10.2 Å². The van der Waals surface area contributed by atoms with E-state index in [1.807, 2.05) is 6.07 Å². The first kappa shape index (κ1) is 10.6. The zero-order valence-corrected chi connectivity index (χ0v) is 9.57. The number of carbonyl (C=O) groups is 1. The van der Waals surface area contributed by atoms with Gasteiger partial charge in [0.25, 0.3) is 0 Å². The van der Waals surface area contributed by atoms with Gasteiger partial charge in [0.15, 0.2) is 0 Å². The molecule has 0 amide bonds. The van der Waals surface area contributed by atoms with Crippen molar-refractivity contribution in [3.63, 3.8) is 0 Å². The van der Waals surface area contributed by atoms with Gasteiger partial charge in [-0.25, -0.2) is 0 Å². The first-order valence-electron chi connectivity index (χ1n) is 4.73. The molecule has 1 aliphatic rings. The lowest BCUT2D eigenvalue weighted by Gasteiger charge is -2.18. The molecule has 2 rings (SSSR count). The minimum Gasteiger partial charge on any atom is -0.481 e. The molecule has 4 heteroatoms. The fourth-order valence-electron chi connectivity index (χ4n) is 1.73. The molecule has 0 aromatic heterocycles. The molecule has 0 radical (unpaired) electrons. The Morgan fingerprint density at radius 1 is 1.47 bits per heavy atom. The molecule has 80 valence electrons. The van der Waals surface area contributed by atoms with E-state index in [4.69, 9.17) is 5.11 Å². The average Bonchev–Trinajstić information content (AvgIpc) is 2.97. The van der Waals surface area contributed by atoms with E-state index in [0.29, 0.717) is 18.4 Å². The lowest BCUT2D eigenvalue weighted by atomic mass is 9.93. The van der Waals surface area contributed by atoms with Crippen LogP contribution in [0.15, 0.2) is 28.7 Å². The highest BCUT2D eigenvalue weighted by Crippen LogP contribution is 2.55. The SMILES string of the molecule is O=C(O)C1(C(O)c2cccc(Br)c2)CC1. The number of halogens is 1. The molecule has 15 heavy (non-hydrogen) atoms. The van der Waals surface area contributed by atoms with Gasteiger partial charge in [-0.2, -0.15) is 0 Å². The van der Waals surface area contributed by atoms with E-state index >= 15 is 0 Å². The zero-order chi connectivity index (χ0) is 11.1. The predicted octanol–water partition coefficient (Wildman–Crippen LogP) is 2.35. The number of benzene rings is 1. The van der Waals surface area contributed by atoms with Gasteiger partial charge in [-0.15, -0.1) is 0 Å². The van der Waals surface area contributed by atoms with Crippen molar-refractivity contribution in [1.29, 1.82) is 0 Å². The minimum absolute atomic E-state index is 0.552. The van der Waals surface area contributed by atoms with Crippen LogP contribution in [0.2, 0.25) is 0 Å². The molecule has 0 spiro atoms. The summed E-state index contributed by atoms with van der Waals surface area (Å²) in [5.74, 6) is -0.907. The molecule has 2 N–H and O–H groups in total. The van der Waals surface area contributed by atoms with E-state index in [1.165, 1.54) is 0 Å². The summed E-state index contributed by atoms with van der Waals surface area (Å²) in [6.45, 7) is 0. The Balaban J connectivity index is 2.29. The smallest absolute Gasteiger partial charge is 0.312 e. The van der Waals surface area contributed by atoms with Crippen LogP contribution in [0.4, 0.5) is 0 Å². The van der Waals surface area contributed by atoms with E-state index in [2.05, 4.69) is 15.9 Å². The second-order valence-corrected chi connectivity index (χ2v) is 4.83. The van der Waals surface area contributed by atoms with Crippen molar-refractivity contribution in [3.05, 3.63) is 34.3 Å². The van der Waals surface area contributed by atoms with Gasteiger partial charge in [0.2, 0.25) is 0 Å². The average molecular weight is 271 g/mol. The Hall–Kier alpha value is -0.870. The molecule has 0 aliphatic heterocycles. The molecule has 0 bridgehead atoms. The van der Waals surface area contributed by atoms with Crippen LogP contribution >= 0.6 is 15.9 Å². The summed E-state index contributed by atoms with van der Waals surface area (Å²) in [7, 11) is 0. The van der Waals surface area contributed by atoms with E-state index in [0.717, 1.165) is 4.47 Å². The van der Waals surface area contributed by atoms with Crippen LogP contribution in [0, 0.1) is 5.41 Å². The van der Waals surface area contributed by atoms with E-state index < -0.39 is 17.5 Å². The van der Waals surface area contributed by atoms with Crippen molar-refractivity contribution < 1.29 is 15.0 Å². The summed E-state index contributed by atoms with van der Waals surface area (Å²) in [5, 5.41) is 19.0. The number of aliphatic hydroxyl groups is 1. The van der Waals surface area contributed by atoms with Crippen LogP contribution in [0.5, 0.6) is 0 Å². The monoisotopic (exact) mass is 270 g/mol. The number of carboxylic acids is 1. The fraction of sp³-hybridized carbons (Fsp3) is 0.364. The molecular formula is C11H11BrO3. The molecule has 0 heterocycles. The number of carboxylic acid groups (broad SMARTS) is 1. The second-order valence-electron chi connectivity index (χ2n) is 3.92. The molecule has 3 nitrogen and oxygen atoms in total. The Morgan fingerprint density at radius 2 is 2.13 bits per heavy atom. The first-order chi connectivity index (χ1) is 7.06.